The molecule has 7 nitrogen and oxygen atoms in total. The van der Waals surface area contributed by atoms with Gasteiger partial charge in [-0.1, -0.05) is 29.8 Å². The van der Waals surface area contributed by atoms with Crippen molar-refractivity contribution in [1.82, 2.24) is 5.32 Å². The van der Waals surface area contributed by atoms with Crippen LogP contribution in [0.2, 0.25) is 0 Å². The van der Waals surface area contributed by atoms with E-state index in [9.17, 15) is 46.1 Å². The van der Waals surface area contributed by atoms with Crippen LogP contribution in [-0.4, -0.2) is 59.2 Å². The number of carbonyl (C=O) groups excluding carboxylic acids is 2. The maximum absolute atomic E-state index is 14.0. The predicted octanol–water partition coefficient (Wildman–Crippen LogP) is 2.54. The molecule has 0 aliphatic carbocycles. The van der Waals surface area contributed by atoms with Gasteiger partial charge in [-0.25, -0.2) is 5.32 Å². The molecule has 4 atom stereocenters. The number of hydrogen-bond donors (Lipinski definition) is 3. The molecule has 1 aromatic carbocycles. The molecule has 0 aromatic heterocycles. The van der Waals surface area contributed by atoms with Gasteiger partial charge in [0.2, 0.25) is 11.4 Å². The molecule has 1 aromatic rings. The Labute approximate surface area is 184 Å². The topological polar surface area (TPSA) is 105 Å². The Morgan fingerprint density at radius 1 is 0.879 bits per heavy atom. The molecule has 0 radical (unpaired) electrons. The second kappa shape index (κ2) is 9.11. The molecule has 1 heterocycles. The fourth-order valence-electron chi connectivity index (χ4n) is 3.92. The Morgan fingerprint density at radius 3 is 1.55 bits per heavy atom. The van der Waals surface area contributed by atoms with E-state index in [4.69, 9.17) is 0 Å². The van der Waals surface area contributed by atoms with Crippen molar-refractivity contribution < 1.29 is 55.6 Å². The molecule has 0 saturated carbocycles. The lowest BCUT2D eigenvalue weighted by Crippen LogP contribution is -2.81. The standard InChI is InChI=1S/C20H23F6NO6/c1-4-32-15(28)13-12(11-8-6-10(3)7-9-11)14(16(29)33-5-2)18(31,20(24,25)26)27-17(13,30)19(21,22)23/h6-9,12-14,27,30-31H,4-5H2,1-3H3. The summed E-state index contributed by atoms with van der Waals surface area (Å²) in [5, 5.41) is 21.8. The van der Waals surface area contributed by atoms with Crippen LogP contribution in [0.25, 0.3) is 0 Å². The highest BCUT2D eigenvalue weighted by molar-refractivity contribution is 5.81. The van der Waals surface area contributed by atoms with Crippen LogP contribution in [0, 0.1) is 18.8 Å². The molecule has 0 amide bonds. The third-order valence-electron chi connectivity index (χ3n) is 5.41. The molecule has 1 aliphatic rings. The van der Waals surface area contributed by atoms with Crippen molar-refractivity contribution in [3.05, 3.63) is 35.4 Å². The molecule has 0 spiro atoms. The Hall–Kier alpha value is -2.38. The van der Waals surface area contributed by atoms with E-state index >= 15 is 0 Å². The number of nitrogens with one attached hydrogen (secondary N) is 1. The van der Waals surface area contributed by atoms with Gasteiger partial charge in [-0.3, -0.25) is 9.59 Å². The summed E-state index contributed by atoms with van der Waals surface area (Å²) < 4.78 is 93.4. The number of esters is 2. The first-order valence-electron chi connectivity index (χ1n) is 9.82. The van der Waals surface area contributed by atoms with Gasteiger partial charge in [0.25, 0.3) is 0 Å². The summed E-state index contributed by atoms with van der Waals surface area (Å²) >= 11 is 0. The van der Waals surface area contributed by atoms with Crippen molar-refractivity contribution in [2.75, 3.05) is 13.2 Å². The van der Waals surface area contributed by atoms with Crippen molar-refractivity contribution in [2.45, 2.75) is 50.5 Å². The van der Waals surface area contributed by atoms with E-state index in [1.54, 1.807) is 6.92 Å². The Kier molecular flexibility index (Phi) is 7.41. The van der Waals surface area contributed by atoms with E-state index in [1.165, 1.54) is 26.0 Å². The number of aliphatic hydroxyl groups is 2. The normalized spacial score (nSPS) is 30.6. The van der Waals surface area contributed by atoms with Gasteiger partial charge >= 0.3 is 24.3 Å². The molecule has 186 valence electrons. The number of benzene rings is 1. The lowest BCUT2D eigenvalue weighted by Gasteiger charge is -2.54. The summed E-state index contributed by atoms with van der Waals surface area (Å²) in [5.74, 6) is -11.4. The summed E-state index contributed by atoms with van der Waals surface area (Å²) in [5.41, 5.74) is -9.04. The number of rotatable bonds is 5. The van der Waals surface area contributed by atoms with Crippen LogP contribution in [0.4, 0.5) is 26.3 Å². The summed E-state index contributed by atoms with van der Waals surface area (Å²) in [4.78, 5) is 25.3. The van der Waals surface area contributed by atoms with Gasteiger partial charge in [0.05, 0.1) is 13.2 Å². The first-order valence-corrected chi connectivity index (χ1v) is 9.82. The van der Waals surface area contributed by atoms with Gasteiger partial charge in [-0.05, 0) is 26.3 Å². The molecule has 1 saturated heterocycles. The van der Waals surface area contributed by atoms with E-state index < -0.39 is 66.7 Å². The lowest BCUT2D eigenvalue weighted by atomic mass is 9.64. The van der Waals surface area contributed by atoms with Gasteiger partial charge in [0.1, 0.15) is 11.8 Å². The van der Waals surface area contributed by atoms with Gasteiger partial charge in [0.15, 0.2) is 0 Å². The number of aryl methyl sites for hydroxylation is 1. The quantitative estimate of drug-likeness (QED) is 0.433. The van der Waals surface area contributed by atoms with Crippen LogP contribution in [0.15, 0.2) is 24.3 Å². The maximum Gasteiger partial charge on any atom is 0.432 e. The summed E-state index contributed by atoms with van der Waals surface area (Å²) in [6, 6.07) is 4.83. The first kappa shape index (κ1) is 26.9. The molecule has 1 aliphatic heterocycles. The Bertz CT molecular complexity index is 825. The maximum atomic E-state index is 14.0. The van der Waals surface area contributed by atoms with Crippen molar-refractivity contribution in [3.8, 4) is 0 Å². The zero-order valence-corrected chi connectivity index (χ0v) is 17.8. The third-order valence-corrected chi connectivity index (χ3v) is 5.41. The summed E-state index contributed by atoms with van der Waals surface area (Å²) in [6.07, 6.45) is -11.8. The molecule has 4 unspecified atom stereocenters. The number of piperidine rings is 1. The van der Waals surface area contributed by atoms with Crippen LogP contribution in [0.5, 0.6) is 0 Å². The fraction of sp³-hybridized carbons (Fsp3) is 0.600. The average Bonchev–Trinajstić information content (AvgIpc) is 2.66. The molecule has 2 rings (SSSR count). The largest absolute Gasteiger partial charge is 0.466 e. The highest BCUT2D eigenvalue weighted by atomic mass is 19.4. The van der Waals surface area contributed by atoms with E-state index in [2.05, 4.69) is 9.47 Å². The zero-order chi connectivity index (χ0) is 25.4. The summed E-state index contributed by atoms with van der Waals surface area (Å²) in [7, 11) is 0. The van der Waals surface area contributed by atoms with Crippen molar-refractivity contribution in [2.24, 2.45) is 11.8 Å². The van der Waals surface area contributed by atoms with Crippen LogP contribution in [0.3, 0.4) is 0 Å². The summed E-state index contributed by atoms with van der Waals surface area (Å²) in [6.45, 7) is 3.10. The molecule has 13 heteroatoms. The number of halogens is 6. The predicted molar refractivity (Wildman–Crippen MR) is 99.3 cm³/mol. The van der Waals surface area contributed by atoms with E-state index in [0.29, 0.717) is 5.56 Å². The van der Waals surface area contributed by atoms with Crippen molar-refractivity contribution >= 4 is 11.9 Å². The minimum atomic E-state index is -5.91. The number of alkyl halides is 6. The van der Waals surface area contributed by atoms with Gasteiger partial charge in [-0.2, -0.15) is 26.3 Å². The van der Waals surface area contributed by atoms with Crippen LogP contribution >= 0.6 is 0 Å². The second-order valence-corrected chi connectivity index (χ2v) is 7.55. The minimum absolute atomic E-state index is 0.358. The van der Waals surface area contributed by atoms with Crippen LogP contribution < -0.4 is 5.32 Å². The van der Waals surface area contributed by atoms with E-state index in [-0.39, 0.29) is 5.56 Å². The lowest BCUT2D eigenvalue weighted by molar-refractivity contribution is -0.376. The van der Waals surface area contributed by atoms with Crippen molar-refractivity contribution in [1.29, 1.82) is 0 Å². The number of carbonyl (C=O) groups is 2. The third kappa shape index (κ3) is 4.66. The second-order valence-electron chi connectivity index (χ2n) is 7.55. The molecule has 1 fully saturated rings. The average molecular weight is 487 g/mol. The number of hydrogen-bond acceptors (Lipinski definition) is 7. The minimum Gasteiger partial charge on any atom is -0.466 e. The Balaban J connectivity index is 2.95. The molecular formula is C20H23F6NO6. The van der Waals surface area contributed by atoms with Gasteiger partial charge in [-0.15, -0.1) is 0 Å². The first-order chi connectivity index (χ1) is 15.0. The molecule has 3 N–H and O–H groups in total. The molecule has 33 heavy (non-hydrogen) atoms. The molecular weight excluding hydrogens is 464 g/mol. The smallest absolute Gasteiger partial charge is 0.432 e. The highest BCUT2D eigenvalue weighted by Crippen LogP contribution is 2.55. The van der Waals surface area contributed by atoms with Crippen LogP contribution in [-0.2, 0) is 19.1 Å². The SMILES string of the molecule is CCOC(=O)C1C(c2ccc(C)cc2)C(C(=O)OCC)C(O)(C(F)(F)F)NC1(O)C(F)(F)F. The van der Waals surface area contributed by atoms with Crippen molar-refractivity contribution in [3.63, 3.8) is 0 Å². The van der Waals surface area contributed by atoms with E-state index in [1.807, 2.05) is 0 Å². The monoisotopic (exact) mass is 487 g/mol. The fourth-order valence-corrected chi connectivity index (χ4v) is 3.92. The zero-order valence-electron chi connectivity index (χ0n) is 17.8. The van der Waals surface area contributed by atoms with E-state index in [0.717, 1.165) is 17.4 Å². The van der Waals surface area contributed by atoms with Gasteiger partial charge in [0, 0.05) is 5.92 Å². The Morgan fingerprint density at radius 2 is 1.24 bits per heavy atom. The number of ether oxygens (including phenoxy) is 2. The highest BCUT2D eigenvalue weighted by Gasteiger charge is 2.78. The van der Waals surface area contributed by atoms with Crippen LogP contribution in [0.1, 0.15) is 30.9 Å². The van der Waals surface area contributed by atoms with Gasteiger partial charge < -0.3 is 19.7 Å². The molecule has 0 bridgehead atoms.